The van der Waals surface area contributed by atoms with Crippen LogP contribution in [0.15, 0.2) is 60.7 Å². The van der Waals surface area contributed by atoms with E-state index in [1.54, 1.807) is 0 Å². The molecule has 0 aliphatic carbocycles. The molecule has 5 heteroatoms. The van der Waals surface area contributed by atoms with Crippen LogP contribution < -0.4 is 22.3 Å². The maximum absolute atomic E-state index is 5.20. The molecule has 0 radical (unpaired) electrons. The standard InChI is InChI=1S/C13H12N2S.H4N2/c16-13(14-11-7-3-1-4-8-11)15-12-9-5-2-6-10-12;1-2/h1-10H,(H2,14,15,16);1-2H2. The number of rotatable bonds is 2. The highest BCUT2D eigenvalue weighted by Gasteiger charge is 1.96. The predicted octanol–water partition coefficient (Wildman–Crippen LogP) is 2.31. The van der Waals surface area contributed by atoms with Crippen molar-refractivity contribution in [2.24, 2.45) is 11.7 Å². The van der Waals surface area contributed by atoms with Gasteiger partial charge in [0, 0.05) is 11.4 Å². The third-order valence-electron chi connectivity index (χ3n) is 2.06. The molecule has 2 aromatic carbocycles. The van der Waals surface area contributed by atoms with Crippen molar-refractivity contribution in [2.75, 3.05) is 10.6 Å². The van der Waals surface area contributed by atoms with Crippen LogP contribution in [0.5, 0.6) is 0 Å². The van der Waals surface area contributed by atoms with Crippen LogP contribution in [0.25, 0.3) is 0 Å². The monoisotopic (exact) mass is 260 g/mol. The zero-order valence-electron chi connectivity index (χ0n) is 9.84. The third kappa shape index (κ3) is 4.92. The van der Waals surface area contributed by atoms with Gasteiger partial charge in [-0.2, -0.15) is 0 Å². The summed E-state index contributed by atoms with van der Waals surface area (Å²) in [4.78, 5) is 0. The Morgan fingerprint density at radius 1 is 0.722 bits per heavy atom. The smallest absolute Gasteiger partial charge is 0.175 e. The largest absolute Gasteiger partial charge is 0.332 e. The first-order valence-corrected chi connectivity index (χ1v) is 5.77. The van der Waals surface area contributed by atoms with Gasteiger partial charge in [-0.1, -0.05) is 36.4 Å². The first-order chi connectivity index (χ1) is 8.84. The highest BCUT2D eigenvalue weighted by Crippen LogP contribution is 2.08. The van der Waals surface area contributed by atoms with Gasteiger partial charge in [-0.3, -0.25) is 11.7 Å². The summed E-state index contributed by atoms with van der Waals surface area (Å²) in [6.07, 6.45) is 0. The number of benzene rings is 2. The first-order valence-electron chi connectivity index (χ1n) is 5.36. The van der Waals surface area contributed by atoms with E-state index in [9.17, 15) is 0 Å². The minimum Gasteiger partial charge on any atom is -0.332 e. The Hall–Kier alpha value is -1.95. The number of nitrogens with one attached hydrogen (secondary N) is 2. The number of anilines is 2. The molecule has 0 bridgehead atoms. The van der Waals surface area contributed by atoms with Crippen molar-refractivity contribution in [3.63, 3.8) is 0 Å². The summed E-state index contributed by atoms with van der Waals surface area (Å²) in [5.41, 5.74) is 1.96. The topological polar surface area (TPSA) is 76.1 Å². The van der Waals surface area contributed by atoms with Crippen LogP contribution in [-0.2, 0) is 0 Å². The quantitative estimate of drug-likeness (QED) is 0.379. The highest BCUT2D eigenvalue weighted by molar-refractivity contribution is 7.80. The second kappa shape index (κ2) is 8.19. The zero-order chi connectivity index (χ0) is 13.2. The van der Waals surface area contributed by atoms with Crippen LogP contribution in [0.1, 0.15) is 0 Å². The van der Waals surface area contributed by atoms with Gasteiger partial charge in [-0.05, 0) is 36.5 Å². The minimum absolute atomic E-state index is 0.595. The molecule has 0 aliphatic rings. The van der Waals surface area contributed by atoms with E-state index in [1.165, 1.54) is 0 Å². The van der Waals surface area contributed by atoms with Crippen molar-refractivity contribution in [3.05, 3.63) is 60.7 Å². The summed E-state index contributed by atoms with van der Waals surface area (Å²) in [6.45, 7) is 0. The summed E-state index contributed by atoms with van der Waals surface area (Å²) in [7, 11) is 0. The molecule has 0 saturated heterocycles. The van der Waals surface area contributed by atoms with Crippen LogP contribution in [0.3, 0.4) is 0 Å². The van der Waals surface area contributed by atoms with Crippen molar-refractivity contribution < 1.29 is 0 Å². The molecule has 0 fully saturated rings. The fourth-order valence-corrected chi connectivity index (χ4v) is 1.57. The van der Waals surface area contributed by atoms with E-state index in [0.29, 0.717) is 5.11 Å². The summed E-state index contributed by atoms with van der Waals surface area (Å²) < 4.78 is 0. The molecular formula is C13H16N4S. The maximum Gasteiger partial charge on any atom is 0.175 e. The van der Waals surface area contributed by atoms with Crippen LogP contribution in [0.4, 0.5) is 11.4 Å². The molecule has 0 amide bonds. The Morgan fingerprint density at radius 2 is 1.06 bits per heavy atom. The second-order valence-corrected chi connectivity index (χ2v) is 3.72. The van der Waals surface area contributed by atoms with Crippen molar-refractivity contribution in [1.82, 2.24) is 0 Å². The molecule has 0 aromatic heterocycles. The van der Waals surface area contributed by atoms with Crippen LogP contribution in [0.2, 0.25) is 0 Å². The molecule has 0 heterocycles. The Labute approximate surface area is 112 Å². The maximum atomic E-state index is 5.20. The lowest BCUT2D eigenvalue weighted by Gasteiger charge is -2.09. The fraction of sp³-hybridized carbons (Fsp3) is 0. The van der Waals surface area contributed by atoms with Gasteiger partial charge in [0.15, 0.2) is 5.11 Å². The summed E-state index contributed by atoms with van der Waals surface area (Å²) >= 11 is 5.20. The molecule has 4 nitrogen and oxygen atoms in total. The van der Waals surface area contributed by atoms with Gasteiger partial charge in [-0.15, -0.1) is 0 Å². The SMILES string of the molecule is NN.S=C(Nc1ccccc1)Nc1ccccc1. The third-order valence-corrected chi connectivity index (χ3v) is 2.27. The lowest BCUT2D eigenvalue weighted by atomic mass is 10.3. The molecule has 0 atom stereocenters. The summed E-state index contributed by atoms with van der Waals surface area (Å²) in [5, 5.41) is 6.82. The summed E-state index contributed by atoms with van der Waals surface area (Å²) in [5.74, 6) is 8.00. The van der Waals surface area contributed by atoms with E-state index < -0.39 is 0 Å². The van der Waals surface area contributed by atoms with E-state index in [0.717, 1.165) is 11.4 Å². The molecule has 0 unspecified atom stereocenters. The fourth-order valence-electron chi connectivity index (χ4n) is 1.34. The predicted molar refractivity (Wildman–Crippen MR) is 81.1 cm³/mol. The van der Waals surface area contributed by atoms with Gasteiger partial charge >= 0.3 is 0 Å². The Balaban J connectivity index is 0.000000771. The van der Waals surface area contributed by atoms with Gasteiger partial charge in [-0.25, -0.2) is 0 Å². The highest BCUT2D eigenvalue weighted by atomic mass is 32.1. The number of para-hydroxylation sites is 2. The van der Waals surface area contributed by atoms with Crippen molar-refractivity contribution in [1.29, 1.82) is 0 Å². The average molecular weight is 260 g/mol. The van der Waals surface area contributed by atoms with E-state index in [4.69, 9.17) is 12.2 Å². The molecule has 6 N–H and O–H groups in total. The number of nitrogens with two attached hydrogens (primary N) is 2. The van der Waals surface area contributed by atoms with Crippen LogP contribution in [0, 0.1) is 0 Å². The Morgan fingerprint density at radius 3 is 1.39 bits per heavy atom. The molecule has 0 spiro atoms. The van der Waals surface area contributed by atoms with Gasteiger partial charge in [0.25, 0.3) is 0 Å². The lowest BCUT2D eigenvalue weighted by Crippen LogP contribution is -2.18. The normalized spacial score (nSPS) is 8.78. The average Bonchev–Trinajstić information content (AvgIpc) is 2.43. The van der Waals surface area contributed by atoms with E-state index >= 15 is 0 Å². The number of hydrazine groups is 1. The molecule has 0 saturated carbocycles. The minimum atomic E-state index is 0.595. The summed E-state index contributed by atoms with van der Waals surface area (Å²) in [6, 6.07) is 19.7. The number of hydrogen-bond donors (Lipinski definition) is 4. The Bertz CT molecular complexity index is 415. The molecule has 2 rings (SSSR count). The number of thiocarbonyl (C=S) groups is 1. The van der Waals surface area contributed by atoms with Crippen molar-refractivity contribution in [3.8, 4) is 0 Å². The van der Waals surface area contributed by atoms with Crippen molar-refractivity contribution in [2.45, 2.75) is 0 Å². The molecular weight excluding hydrogens is 244 g/mol. The molecule has 18 heavy (non-hydrogen) atoms. The zero-order valence-corrected chi connectivity index (χ0v) is 10.7. The van der Waals surface area contributed by atoms with Gasteiger partial charge in [0.05, 0.1) is 0 Å². The lowest BCUT2D eigenvalue weighted by molar-refractivity contribution is 1.26. The molecule has 0 aliphatic heterocycles. The van der Waals surface area contributed by atoms with Gasteiger partial charge in [0.2, 0.25) is 0 Å². The molecule has 2 aromatic rings. The van der Waals surface area contributed by atoms with Gasteiger partial charge in [0.1, 0.15) is 0 Å². The van der Waals surface area contributed by atoms with E-state index in [1.807, 2.05) is 60.7 Å². The number of hydrogen-bond acceptors (Lipinski definition) is 3. The Kier molecular flexibility index (Phi) is 6.42. The second-order valence-electron chi connectivity index (χ2n) is 3.31. The van der Waals surface area contributed by atoms with E-state index in [-0.39, 0.29) is 0 Å². The van der Waals surface area contributed by atoms with Crippen LogP contribution >= 0.6 is 12.2 Å². The van der Waals surface area contributed by atoms with E-state index in [2.05, 4.69) is 22.3 Å². The molecule has 94 valence electrons. The van der Waals surface area contributed by atoms with Crippen molar-refractivity contribution >= 4 is 28.7 Å². The first kappa shape index (κ1) is 14.1. The van der Waals surface area contributed by atoms with Gasteiger partial charge < -0.3 is 10.6 Å². The van der Waals surface area contributed by atoms with Crippen LogP contribution in [-0.4, -0.2) is 5.11 Å².